The summed E-state index contributed by atoms with van der Waals surface area (Å²) >= 11 is 0. The number of hydrogen-bond donors (Lipinski definition) is 1. The molecule has 0 radical (unpaired) electrons. The summed E-state index contributed by atoms with van der Waals surface area (Å²) in [7, 11) is 3.42. The molecule has 2 atom stereocenters. The standard InChI is InChI=1S/C21H22F2N2O.C21H21F2NO2/c1-24(2)21(26)14-25-12-16(15-6-4-3-5-7-15)10-17(13-25)19-11-18(22)8-9-20(19)23;1-21(2,26)20(25)24-12-15(14-6-4-3-5-7-14)10-16(13-24)18-11-17(22)8-9-19(18)23/h3-11,16H,12-14H2,1-2H3;3-11,15,26H,12-13H2,1-2H3. The Morgan fingerprint density at radius 2 is 1.17 bits per heavy atom. The van der Waals surface area contributed by atoms with Crippen LogP contribution in [0, 0.1) is 23.3 Å². The molecule has 4 aromatic rings. The molecule has 2 amide bonds. The maximum Gasteiger partial charge on any atom is 0.254 e. The van der Waals surface area contributed by atoms with Gasteiger partial charge in [-0.2, -0.15) is 0 Å². The quantitative estimate of drug-likeness (QED) is 0.205. The molecule has 1 N–H and O–H groups in total. The van der Waals surface area contributed by atoms with Gasteiger partial charge in [0, 0.05) is 63.2 Å². The molecule has 2 heterocycles. The number of hydrogen-bond acceptors (Lipinski definition) is 4. The van der Waals surface area contributed by atoms with Crippen molar-refractivity contribution < 1.29 is 32.3 Å². The smallest absolute Gasteiger partial charge is 0.254 e. The zero-order valence-electron chi connectivity index (χ0n) is 29.7. The van der Waals surface area contributed by atoms with Gasteiger partial charge >= 0.3 is 0 Å². The molecule has 272 valence electrons. The molecule has 2 unspecified atom stereocenters. The van der Waals surface area contributed by atoms with Gasteiger partial charge in [0.15, 0.2) is 0 Å². The molecule has 2 aliphatic rings. The Morgan fingerprint density at radius 1 is 0.712 bits per heavy atom. The van der Waals surface area contributed by atoms with E-state index < -0.39 is 34.8 Å². The summed E-state index contributed by atoms with van der Waals surface area (Å²) in [6.07, 6.45) is 3.87. The molecule has 0 saturated carbocycles. The Kier molecular flexibility index (Phi) is 12.1. The van der Waals surface area contributed by atoms with Crippen molar-refractivity contribution in [2.24, 2.45) is 0 Å². The van der Waals surface area contributed by atoms with Crippen LogP contribution in [0.4, 0.5) is 17.6 Å². The number of amides is 2. The number of nitrogens with zero attached hydrogens (tertiary/aromatic N) is 3. The highest BCUT2D eigenvalue weighted by Gasteiger charge is 2.34. The van der Waals surface area contributed by atoms with Gasteiger partial charge in [-0.05, 0) is 72.5 Å². The van der Waals surface area contributed by atoms with Crippen molar-refractivity contribution in [1.82, 2.24) is 14.7 Å². The van der Waals surface area contributed by atoms with Crippen LogP contribution in [0.2, 0.25) is 0 Å². The zero-order chi connectivity index (χ0) is 37.6. The lowest BCUT2D eigenvalue weighted by molar-refractivity contribution is -0.147. The molecule has 0 aliphatic carbocycles. The fraction of sp³-hybridized carbons (Fsp3) is 0.286. The van der Waals surface area contributed by atoms with Crippen LogP contribution in [0.3, 0.4) is 0 Å². The summed E-state index contributed by atoms with van der Waals surface area (Å²) in [5.41, 5.74) is 2.14. The average Bonchev–Trinajstić information content (AvgIpc) is 3.13. The van der Waals surface area contributed by atoms with E-state index >= 15 is 0 Å². The van der Waals surface area contributed by atoms with Crippen molar-refractivity contribution in [2.45, 2.75) is 31.3 Å². The number of benzene rings is 4. The number of carbonyl (C=O) groups excluding carboxylic acids is 2. The van der Waals surface area contributed by atoms with Gasteiger partial charge in [0.1, 0.15) is 28.9 Å². The van der Waals surface area contributed by atoms with Crippen molar-refractivity contribution >= 4 is 23.0 Å². The maximum absolute atomic E-state index is 14.3. The average molecular weight is 714 g/mol. The van der Waals surface area contributed by atoms with Crippen LogP contribution in [0.15, 0.2) is 109 Å². The van der Waals surface area contributed by atoms with Crippen molar-refractivity contribution in [3.8, 4) is 0 Å². The molecular weight excluding hydrogens is 670 g/mol. The third-order valence-electron chi connectivity index (χ3n) is 9.10. The second-order valence-corrected chi connectivity index (χ2v) is 13.9. The summed E-state index contributed by atoms with van der Waals surface area (Å²) in [5.74, 6) is -2.62. The molecule has 0 bridgehead atoms. The Labute approximate surface area is 302 Å². The lowest BCUT2D eigenvalue weighted by atomic mass is 9.89. The fourth-order valence-electron chi connectivity index (χ4n) is 6.42. The fourth-order valence-corrected chi connectivity index (χ4v) is 6.42. The molecule has 0 fully saturated rings. The second-order valence-electron chi connectivity index (χ2n) is 13.9. The van der Waals surface area contributed by atoms with E-state index in [0.717, 1.165) is 41.5 Å². The minimum atomic E-state index is -1.54. The molecule has 0 aromatic heterocycles. The third-order valence-corrected chi connectivity index (χ3v) is 9.10. The number of aliphatic hydroxyl groups is 1. The molecule has 6 rings (SSSR count). The van der Waals surface area contributed by atoms with Crippen LogP contribution >= 0.6 is 0 Å². The molecule has 4 aromatic carbocycles. The number of rotatable bonds is 7. The summed E-state index contributed by atoms with van der Waals surface area (Å²) < 4.78 is 55.9. The number of likely N-dealkylation sites (N-methyl/N-ethyl adjacent to an activating group) is 1. The van der Waals surface area contributed by atoms with E-state index in [9.17, 15) is 32.3 Å². The van der Waals surface area contributed by atoms with Crippen molar-refractivity contribution in [2.75, 3.05) is 46.8 Å². The first kappa shape index (κ1) is 38.2. The van der Waals surface area contributed by atoms with Gasteiger partial charge in [-0.25, -0.2) is 17.6 Å². The van der Waals surface area contributed by atoms with Gasteiger partial charge in [-0.1, -0.05) is 72.8 Å². The third kappa shape index (κ3) is 9.63. The molecule has 6 nitrogen and oxygen atoms in total. The van der Waals surface area contributed by atoms with Crippen LogP contribution in [0.1, 0.15) is 47.9 Å². The SMILES string of the molecule is CC(C)(O)C(=O)N1CC(c2cc(F)ccc2F)=CC(c2ccccc2)C1.CN(C)C(=O)CN1CC(c2cc(F)ccc2F)=CC(c2ccccc2)C1. The minimum absolute atomic E-state index is 0.0116. The summed E-state index contributed by atoms with van der Waals surface area (Å²) in [5, 5.41) is 10.1. The summed E-state index contributed by atoms with van der Waals surface area (Å²) in [6, 6.07) is 26.2. The number of halogens is 4. The number of carbonyl (C=O) groups is 2. The van der Waals surface area contributed by atoms with Gasteiger partial charge in [-0.3, -0.25) is 14.5 Å². The first-order valence-corrected chi connectivity index (χ1v) is 17.1. The van der Waals surface area contributed by atoms with Crippen molar-refractivity contribution in [1.29, 1.82) is 0 Å². The normalized spacial score (nSPS) is 17.8. The Hall–Kier alpha value is -5.06. The van der Waals surface area contributed by atoms with Crippen LogP contribution in [-0.2, 0) is 9.59 Å². The first-order valence-electron chi connectivity index (χ1n) is 17.1. The lowest BCUT2D eigenvalue weighted by Gasteiger charge is -2.36. The van der Waals surface area contributed by atoms with Gasteiger partial charge in [0.2, 0.25) is 5.91 Å². The molecule has 52 heavy (non-hydrogen) atoms. The van der Waals surface area contributed by atoms with Crippen molar-refractivity contribution in [3.05, 3.63) is 155 Å². The van der Waals surface area contributed by atoms with E-state index in [-0.39, 0.29) is 42.0 Å². The Balaban J connectivity index is 0.000000201. The van der Waals surface area contributed by atoms with Crippen molar-refractivity contribution in [3.63, 3.8) is 0 Å². The highest BCUT2D eigenvalue weighted by Crippen LogP contribution is 2.33. The Morgan fingerprint density at radius 3 is 1.63 bits per heavy atom. The second kappa shape index (κ2) is 16.5. The first-order chi connectivity index (χ1) is 24.7. The van der Waals surface area contributed by atoms with Gasteiger partial charge in [0.25, 0.3) is 5.91 Å². The molecule has 10 heteroatoms. The largest absolute Gasteiger partial charge is 0.381 e. The minimum Gasteiger partial charge on any atom is -0.381 e. The lowest BCUT2D eigenvalue weighted by Crippen LogP contribution is -2.48. The Bertz CT molecular complexity index is 1940. The van der Waals surface area contributed by atoms with Gasteiger partial charge < -0.3 is 14.9 Å². The van der Waals surface area contributed by atoms with Crippen LogP contribution in [-0.4, -0.2) is 84.0 Å². The molecule has 0 saturated heterocycles. The topological polar surface area (TPSA) is 64.1 Å². The monoisotopic (exact) mass is 713 g/mol. The predicted octanol–water partition coefficient (Wildman–Crippen LogP) is 7.28. The summed E-state index contributed by atoms with van der Waals surface area (Å²) in [6.45, 7) is 4.64. The molecular formula is C42H43F4N3O3. The molecule has 0 spiro atoms. The van der Waals surface area contributed by atoms with E-state index in [1.807, 2.05) is 77.7 Å². The van der Waals surface area contributed by atoms with Gasteiger partial charge in [0.05, 0.1) is 6.54 Å². The van der Waals surface area contributed by atoms with Crippen LogP contribution in [0.5, 0.6) is 0 Å². The van der Waals surface area contributed by atoms with Gasteiger partial charge in [-0.15, -0.1) is 0 Å². The van der Waals surface area contributed by atoms with E-state index in [2.05, 4.69) is 0 Å². The highest BCUT2D eigenvalue weighted by molar-refractivity contribution is 5.87. The zero-order valence-corrected chi connectivity index (χ0v) is 29.7. The maximum atomic E-state index is 14.3. The summed E-state index contributed by atoms with van der Waals surface area (Å²) in [4.78, 5) is 29.8. The van der Waals surface area contributed by atoms with E-state index in [4.69, 9.17) is 0 Å². The van der Waals surface area contributed by atoms with E-state index in [1.54, 1.807) is 14.1 Å². The highest BCUT2D eigenvalue weighted by atomic mass is 19.1. The van der Waals surface area contributed by atoms with Crippen LogP contribution in [0.25, 0.3) is 11.1 Å². The predicted molar refractivity (Wildman–Crippen MR) is 195 cm³/mol. The van der Waals surface area contributed by atoms with Crippen LogP contribution < -0.4 is 0 Å². The van der Waals surface area contributed by atoms with E-state index in [0.29, 0.717) is 30.8 Å². The molecule has 2 aliphatic heterocycles. The van der Waals surface area contributed by atoms with E-state index in [1.165, 1.54) is 29.7 Å².